The van der Waals surface area contributed by atoms with Gasteiger partial charge in [-0.1, -0.05) is 11.6 Å². The van der Waals surface area contributed by atoms with Crippen LogP contribution in [0.15, 0.2) is 27.7 Å². The maximum Gasteiger partial charge on any atom is 0.261 e. The Morgan fingerprint density at radius 3 is 2.96 bits per heavy atom. The highest BCUT2D eigenvalue weighted by Crippen LogP contribution is 2.25. The highest BCUT2D eigenvalue weighted by atomic mass is 79.9. The smallest absolute Gasteiger partial charge is 0.261 e. The lowest BCUT2D eigenvalue weighted by atomic mass is 9.97. The maximum atomic E-state index is 12.5. The number of aliphatic hydroxyl groups is 1. The molecule has 0 amide bonds. The number of ketones is 1. The first-order valence-electron chi connectivity index (χ1n) is 7.73. The number of rotatable bonds is 4. The van der Waals surface area contributed by atoms with E-state index < -0.39 is 6.10 Å². The topological polar surface area (TPSA) is 84.2 Å². The normalized spacial score (nSPS) is 20.3. The van der Waals surface area contributed by atoms with Gasteiger partial charge in [0.15, 0.2) is 5.78 Å². The average Bonchev–Trinajstić information content (AvgIpc) is 2.54. The first-order chi connectivity index (χ1) is 11.5. The molecule has 1 aliphatic heterocycles. The predicted octanol–water partition coefficient (Wildman–Crippen LogP) is 2.31. The molecular weight excluding hydrogens is 433 g/mol. The number of nitrogens with zero attached hydrogens (tertiary/aromatic N) is 2. The second-order valence-electron chi connectivity index (χ2n) is 5.97. The van der Waals surface area contributed by atoms with Gasteiger partial charge in [0, 0.05) is 16.9 Å². The number of piperidine rings is 1. The SMILES string of the molecule is Cl.O=C(CC1NCCCC1O)Cn1cnc2cc(Br)c(Cl)cc2c1=O. The van der Waals surface area contributed by atoms with E-state index in [1.54, 1.807) is 12.1 Å². The van der Waals surface area contributed by atoms with Crippen molar-refractivity contribution in [1.29, 1.82) is 0 Å². The van der Waals surface area contributed by atoms with Gasteiger partial charge >= 0.3 is 0 Å². The lowest BCUT2D eigenvalue weighted by Gasteiger charge is -2.28. The van der Waals surface area contributed by atoms with Gasteiger partial charge in [0.2, 0.25) is 0 Å². The molecule has 3 rings (SSSR count). The molecule has 0 spiro atoms. The van der Waals surface area contributed by atoms with Crippen LogP contribution in [0.3, 0.4) is 0 Å². The van der Waals surface area contributed by atoms with Crippen LogP contribution in [0.2, 0.25) is 5.02 Å². The largest absolute Gasteiger partial charge is 0.391 e. The van der Waals surface area contributed by atoms with E-state index in [1.807, 2.05) is 0 Å². The second kappa shape index (κ2) is 8.60. The molecule has 25 heavy (non-hydrogen) atoms. The summed E-state index contributed by atoms with van der Waals surface area (Å²) in [6, 6.07) is 2.97. The summed E-state index contributed by atoms with van der Waals surface area (Å²) in [6.07, 6.45) is 2.62. The summed E-state index contributed by atoms with van der Waals surface area (Å²) in [4.78, 5) is 29.0. The van der Waals surface area contributed by atoms with Gasteiger partial charge in [-0.3, -0.25) is 14.2 Å². The van der Waals surface area contributed by atoms with Crippen molar-refractivity contribution in [3.8, 4) is 0 Å². The zero-order valence-electron chi connectivity index (χ0n) is 13.2. The van der Waals surface area contributed by atoms with Gasteiger partial charge in [0.25, 0.3) is 5.56 Å². The van der Waals surface area contributed by atoms with Gasteiger partial charge in [0.1, 0.15) is 0 Å². The Bertz CT molecular complexity index is 843. The summed E-state index contributed by atoms with van der Waals surface area (Å²) in [5.74, 6) is -0.125. The summed E-state index contributed by atoms with van der Waals surface area (Å²) >= 11 is 9.33. The van der Waals surface area contributed by atoms with Crippen LogP contribution in [0.5, 0.6) is 0 Å². The van der Waals surface area contributed by atoms with E-state index in [4.69, 9.17) is 11.6 Å². The molecule has 9 heteroatoms. The van der Waals surface area contributed by atoms with Crippen LogP contribution >= 0.6 is 39.9 Å². The molecule has 1 aromatic heterocycles. The lowest BCUT2D eigenvalue weighted by molar-refractivity contribution is -0.121. The van der Waals surface area contributed by atoms with Crippen molar-refractivity contribution in [1.82, 2.24) is 14.9 Å². The number of halogens is 3. The summed E-state index contributed by atoms with van der Waals surface area (Å²) in [5, 5.41) is 13.9. The number of nitrogens with one attached hydrogen (secondary N) is 1. The van der Waals surface area contributed by atoms with E-state index in [0.29, 0.717) is 26.8 Å². The molecule has 1 saturated heterocycles. The Balaban J connectivity index is 0.00000225. The van der Waals surface area contributed by atoms with E-state index in [-0.39, 0.29) is 42.8 Å². The van der Waals surface area contributed by atoms with E-state index in [9.17, 15) is 14.7 Å². The molecule has 0 bridgehead atoms. The molecule has 0 radical (unpaired) electrons. The van der Waals surface area contributed by atoms with Crippen molar-refractivity contribution in [3.63, 3.8) is 0 Å². The third-order valence-electron chi connectivity index (χ3n) is 4.21. The molecule has 1 aliphatic rings. The fraction of sp³-hybridized carbons (Fsp3) is 0.438. The number of carbonyl (C=O) groups excluding carboxylic acids is 1. The first kappa shape index (κ1) is 20.3. The minimum Gasteiger partial charge on any atom is -0.391 e. The second-order valence-corrected chi connectivity index (χ2v) is 7.24. The monoisotopic (exact) mass is 449 g/mol. The quantitative estimate of drug-likeness (QED) is 0.746. The van der Waals surface area contributed by atoms with Crippen LogP contribution in [0, 0.1) is 0 Å². The molecule has 1 aromatic carbocycles. The first-order valence-corrected chi connectivity index (χ1v) is 8.90. The van der Waals surface area contributed by atoms with E-state index in [1.165, 1.54) is 10.9 Å². The number of fused-ring (bicyclic) bond motifs is 1. The molecule has 2 atom stereocenters. The minimum absolute atomic E-state index is 0. The van der Waals surface area contributed by atoms with Gasteiger partial charge in [0.05, 0.1) is 34.9 Å². The van der Waals surface area contributed by atoms with Crippen LogP contribution in [0.25, 0.3) is 10.9 Å². The van der Waals surface area contributed by atoms with Crippen molar-refractivity contribution >= 4 is 56.6 Å². The number of hydrogen-bond acceptors (Lipinski definition) is 5. The van der Waals surface area contributed by atoms with E-state index >= 15 is 0 Å². The number of aromatic nitrogens is 2. The summed E-state index contributed by atoms with van der Waals surface area (Å²) in [7, 11) is 0. The number of benzene rings is 1. The summed E-state index contributed by atoms with van der Waals surface area (Å²) < 4.78 is 1.94. The number of Topliss-reactive ketones (excluding diaryl/α,β-unsaturated/α-hetero) is 1. The number of hydrogen-bond donors (Lipinski definition) is 2. The molecular formula is C16H18BrCl2N3O3. The zero-order chi connectivity index (χ0) is 17.3. The summed E-state index contributed by atoms with van der Waals surface area (Å²) in [5.41, 5.74) is 0.212. The fourth-order valence-electron chi connectivity index (χ4n) is 2.91. The fourth-order valence-corrected chi connectivity index (χ4v) is 3.40. The Hall–Kier alpha value is -0.990. The van der Waals surface area contributed by atoms with Crippen molar-refractivity contribution in [2.24, 2.45) is 0 Å². The van der Waals surface area contributed by atoms with Crippen LogP contribution in [0.4, 0.5) is 0 Å². The van der Waals surface area contributed by atoms with Crippen molar-refractivity contribution in [2.45, 2.75) is 38.0 Å². The predicted molar refractivity (Wildman–Crippen MR) is 103 cm³/mol. The van der Waals surface area contributed by atoms with Gasteiger partial charge < -0.3 is 10.4 Å². The molecule has 2 N–H and O–H groups in total. The van der Waals surface area contributed by atoms with Gasteiger partial charge in [-0.25, -0.2) is 4.98 Å². The standard InChI is InChI=1S/C16H17BrClN3O3.ClH/c17-11-6-13-10(5-12(11)18)16(24)21(8-20-13)7-9(22)4-14-15(23)2-1-3-19-14;/h5-6,8,14-15,19,23H,1-4,7H2;1H. The van der Waals surface area contributed by atoms with Gasteiger partial charge in [-0.2, -0.15) is 0 Å². The van der Waals surface area contributed by atoms with Crippen molar-refractivity contribution < 1.29 is 9.90 Å². The molecule has 0 saturated carbocycles. The Labute approximate surface area is 164 Å². The van der Waals surface area contributed by atoms with Crippen molar-refractivity contribution in [2.75, 3.05) is 6.54 Å². The van der Waals surface area contributed by atoms with Crippen molar-refractivity contribution in [3.05, 3.63) is 38.3 Å². The Morgan fingerprint density at radius 2 is 2.24 bits per heavy atom. The van der Waals surface area contributed by atoms with E-state index in [2.05, 4.69) is 26.2 Å². The number of aliphatic hydroxyl groups excluding tert-OH is 1. The molecule has 2 unspecified atom stereocenters. The molecule has 2 aromatic rings. The summed E-state index contributed by atoms with van der Waals surface area (Å²) in [6.45, 7) is 0.722. The molecule has 1 fully saturated rings. The van der Waals surface area contributed by atoms with Crippen LogP contribution in [-0.4, -0.2) is 39.1 Å². The Kier molecular flexibility index (Phi) is 6.99. The Morgan fingerprint density at radius 1 is 1.48 bits per heavy atom. The molecule has 2 heterocycles. The number of carbonyl (C=O) groups is 1. The minimum atomic E-state index is -0.523. The average molecular weight is 451 g/mol. The van der Waals surface area contributed by atoms with E-state index in [0.717, 1.165) is 13.0 Å². The third-order valence-corrected chi connectivity index (χ3v) is 5.41. The maximum absolute atomic E-state index is 12.5. The third kappa shape index (κ3) is 4.60. The zero-order valence-corrected chi connectivity index (χ0v) is 16.4. The molecule has 136 valence electrons. The van der Waals surface area contributed by atoms with Crippen LogP contribution in [0.1, 0.15) is 19.3 Å². The van der Waals surface area contributed by atoms with Crippen LogP contribution in [-0.2, 0) is 11.3 Å². The van der Waals surface area contributed by atoms with Gasteiger partial charge in [-0.05, 0) is 47.4 Å². The lowest BCUT2D eigenvalue weighted by Crippen LogP contribution is -2.46. The molecule has 0 aliphatic carbocycles. The highest BCUT2D eigenvalue weighted by molar-refractivity contribution is 9.10. The highest BCUT2D eigenvalue weighted by Gasteiger charge is 2.25. The van der Waals surface area contributed by atoms with Gasteiger partial charge in [-0.15, -0.1) is 12.4 Å². The van der Waals surface area contributed by atoms with Crippen LogP contribution < -0.4 is 10.9 Å². The molecule has 6 nitrogen and oxygen atoms in total.